The first-order valence-electron chi connectivity index (χ1n) is 9.17. The van der Waals surface area contributed by atoms with E-state index >= 15 is 0 Å². The Hall–Kier alpha value is -2.55. The fraction of sp³-hybridized carbons (Fsp3) is 0.0400. The van der Waals surface area contributed by atoms with Crippen molar-refractivity contribution in [2.45, 2.75) is 5.41 Å². The minimum Gasteiger partial charge on any atom is -0.457 e. The molecule has 1 nitrogen and oxygen atoms in total. The molecule has 1 aliphatic heterocycles. The smallest absolute Gasteiger partial charge is 0.132 e. The van der Waals surface area contributed by atoms with Crippen LogP contribution in [0.15, 0.2) is 89.4 Å². The van der Waals surface area contributed by atoms with Crippen molar-refractivity contribution in [3.05, 3.63) is 117 Å². The fourth-order valence-corrected chi connectivity index (χ4v) is 5.38. The molecule has 1 aliphatic carbocycles. The zero-order valence-electron chi connectivity index (χ0n) is 14.7. The molecule has 1 unspecified atom stereocenters. The van der Waals surface area contributed by atoms with Crippen molar-refractivity contribution >= 4 is 27.5 Å². The van der Waals surface area contributed by atoms with Gasteiger partial charge in [-0.3, -0.25) is 0 Å². The van der Waals surface area contributed by atoms with Crippen molar-refractivity contribution in [1.82, 2.24) is 0 Å². The van der Waals surface area contributed by atoms with E-state index in [0.717, 1.165) is 32.1 Å². The number of fused-ring (bicyclic) bond motifs is 9. The number of hydrogen-bond acceptors (Lipinski definition) is 1. The van der Waals surface area contributed by atoms with E-state index in [1.165, 1.54) is 22.3 Å². The van der Waals surface area contributed by atoms with Crippen LogP contribution in [0.3, 0.4) is 0 Å². The normalized spacial score (nSPS) is 18.1. The first kappa shape index (κ1) is 16.4. The van der Waals surface area contributed by atoms with Gasteiger partial charge >= 0.3 is 0 Å². The van der Waals surface area contributed by atoms with Crippen LogP contribution in [0.25, 0.3) is 11.1 Å². The molecule has 4 aromatic rings. The van der Waals surface area contributed by atoms with Gasteiger partial charge in [0.2, 0.25) is 0 Å². The molecule has 28 heavy (non-hydrogen) atoms. The summed E-state index contributed by atoms with van der Waals surface area (Å²) in [6.45, 7) is 0. The number of hydrogen-bond donors (Lipinski definition) is 0. The molecule has 134 valence electrons. The van der Waals surface area contributed by atoms with Gasteiger partial charge < -0.3 is 4.74 Å². The van der Waals surface area contributed by atoms with E-state index in [2.05, 4.69) is 70.5 Å². The molecular weight excluding hydrogens is 432 g/mol. The average Bonchev–Trinajstić information content (AvgIpc) is 3.00. The summed E-state index contributed by atoms with van der Waals surface area (Å²) in [6.07, 6.45) is 0. The molecule has 0 N–H and O–H groups in total. The maximum Gasteiger partial charge on any atom is 0.132 e. The first-order valence-corrected chi connectivity index (χ1v) is 10.3. The van der Waals surface area contributed by atoms with Crippen molar-refractivity contribution < 1.29 is 4.74 Å². The summed E-state index contributed by atoms with van der Waals surface area (Å²) in [5.74, 6) is 1.77. The molecule has 1 heterocycles. The van der Waals surface area contributed by atoms with Gasteiger partial charge in [-0.15, -0.1) is 0 Å². The minimum absolute atomic E-state index is 0.454. The Balaban J connectivity index is 1.87. The number of halogens is 2. The Morgan fingerprint density at radius 2 is 1.36 bits per heavy atom. The number of benzene rings is 4. The van der Waals surface area contributed by atoms with Crippen LogP contribution in [0.4, 0.5) is 0 Å². The van der Waals surface area contributed by atoms with Crippen molar-refractivity contribution in [2.24, 2.45) is 0 Å². The second kappa shape index (κ2) is 5.73. The van der Waals surface area contributed by atoms with Crippen LogP contribution in [0, 0.1) is 0 Å². The molecular formula is C25H14BrClO. The molecule has 3 heteroatoms. The number of ether oxygens (including phenoxy) is 1. The van der Waals surface area contributed by atoms with Crippen molar-refractivity contribution in [2.75, 3.05) is 0 Å². The zero-order valence-corrected chi connectivity index (χ0v) is 17.1. The molecule has 0 fully saturated rings. The lowest BCUT2D eigenvalue weighted by atomic mass is 9.66. The Labute approximate surface area is 176 Å². The van der Waals surface area contributed by atoms with E-state index in [1.54, 1.807) is 0 Å². The van der Waals surface area contributed by atoms with Crippen LogP contribution in [-0.4, -0.2) is 0 Å². The van der Waals surface area contributed by atoms with Crippen molar-refractivity contribution in [3.8, 4) is 22.6 Å². The van der Waals surface area contributed by atoms with Crippen molar-refractivity contribution in [3.63, 3.8) is 0 Å². The van der Waals surface area contributed by atoms with Crippen LogP contribution in [0.1, 0.15) is 22.3 Å². The third kappa shape index (κ3) is 1.97. The minimum atomic E-state index is -0.454. The van der Waals surface area contributed by atoms with Gasteiger partial charge in [0.05, 0.1) is 5.41 Å². The third-order valence-electron chi connectivity index (χ3n) is 5.86. The maximum absolute atomic E-state index is 6.51. The van der Waals surface area contributed by atoms with Gasteiger partial charge in [0.15, 0.2) is 0 Å². The molecule has 0 bridgehead atoms. The van der Waals surface area contributed by atoms with Crippen LogP contribution in [0.2, 0.25) is 5.02 Å². The van der Waals surface area contributed by atoms with Gasteiger partial charge in [-0.25, -0.2) is 0 Å². The molecule has 4 aromatic carbocycles. The molecule has 0 saturated heterocycles. The predicted octanol–water partition coefficient (Wildman–Crippen LogP) is 7.57. The molecule has 0 aromatic heterocycles. The lowest BCUT2D eigenvalue weighted by Crippen LogP contribution is -2.32. The fourth-order valence-electron chi connectivity index (χ4n) is 4.85. The summed E-state index contributed by atoms with van der Waals surface area (Å²) >= 11 is 10.2. The van der Waals surface area contributed by atoms with Gasteiger partial charge in [0, 0.05) is 20.6 Å². The zero-order chi connectivity index (χ0) is 18.9. The Kier molecular flexibility index (Phi) is 3.36. The predicted molar refractivity (Wildman–Crippen MR) is 117 cm³/mol. The lowest BCUT2D eigenvalue weighted by Gasteiger charge is -2.39. The number of rotatable bonds is 0. The Bertz CT molecular complexity index is 1280. The standard InChI is InChI=1S/C25H14BrClO/c26-15-9-12-24-22(13-15)25(20-7-3-4-8-23(20)28-24)19-6-2-1-5-17(19)18-11-10-16(27)14-21(18)25/h1-14H. The Morgan fingerprint density at radius 1 is 0.643 bits per heavy atom. The lowest BCUT2D eigenvalue weighted by molar-refractivity contribution is 0.436. The summed E-state index contributed by atoms with van der Waals surface area (Å²) in [5, 5.41) is 0.742. The van der Waals surface area contributed by atoms with Gasteiger partial charge in [0.1, 0.15) is 11.5 Å². The third-order valence-corrected chi connectivity index (χ3v) is 6.59. The van der Waals surface area contributed by atoms with Gasteiger partial charge in [-0.1, -0.05) is 76.1 Å². The summed E-state index contributed by atoms with van der Waals surface area (Å²) in [4.78, 5) is 0. The van der Waals surface area contributed by atoms with E-state index in [-0.39, 0.29) is 0 Å². The SMILES string of the molecule is Clc1ccc2c(c1)C1(c3ccccc3Oc3ccc(Br)cc31)c1ccccc1-2. The summed E-state index contributed by atoms with van der Waals surface area (Å²) in [6, 6.07) is 29.5. The van der Waals surface area contributed by atoms with Crippen LogP contribution < -0.4 is 4.74 Å². The quantitative estimate of drug-likeness (QED) is 0.234. The van der Waals surface area contributed by atoms with Gasteiger partial charge in [-0.05, 0) is 58.7 Å². The summed E-state index contributed by atoms with van der Waals surface area (Å²) < 4.78 is 7.35. The largest absolute Gasteiger partial charge is 0.457 e. The molecule has 2 aliphatic rings. The highest BCUT2D eigenvalue weighted by Gasteiger charge is 2.51. The summed E-state index contributed by atoms with van der Waals surface area (Å²) in [5.41, 5.74) is 6.77. The van der Waals surface area contributed by atoms with E-state index in [1.807, 2.05) is 30.3 Å². The van der Waals surface area contributed by atoms with Gasteiger partial charge in [-0.2, -0.15) is 0 Å². The molecule has 0 radical (unpaired) electrons. The monoisotopic (exact) mass is 444 g/mol. The van der Waals surface area contributed by atoms with E-state index < -0.39 is 5.41 Å². The second-order valence-electron chi connectivity index (χ2n) is 7.22. The number of para-hydroxylation sites is 1. The van der Waals surface area contributed by atoms with Crippen LogP contribution >= 0.6 is 27.5 Å². The topological polar surface area (TPSA) is 9.23 Å². The van der Waals surface area contributed by atoms with E-state index in [0.29, 0.717) is 0 Å². The van der Waals surface area contributed by atoms with Crippen LogP contribution in [0.5, 0.6) is 11.5 Å². The molecule has 0 amide bonds. The highest BCUT2D eigenvalue weighted by atomic mass is 79.9. The second-order valence-corrected chi connectivity index (χ2v) is 8.58. The van der Waals surface area contributed by atoms with E-state index in [9.17, 15) is 0 Å². The van der Waals surface area contributed by atoms with E-state index in [4.69, 9.17) is 16.3 Å². The average molecular weight is 446 g/mol. The Morgan fingerprint density at radius 3 is 2.25 bits per heavy atom. The van der Waals surface area contributed by atoms with Crippen molar-refractivity contribution in [1.29, 1.82) is 0 Å². The van der Waals surface area contributed by atoms with Gasteiger partial charge in [0.25, 0.3) is 0 Å². The maximum atomic E-state index is 6.51. The molecule has 1 atom stereocenters. The summed E-state index contributed by atoms with van der Waals surface area (Å²) in [7, 11) is 0. The van der Waals surface area contributed by atoms with Crippen LogP contribution in [-0.2, 0) is 5.41 Å². The highest BCUT2D eigenvalue weighted by Crippen LogP contribution is 2.62. The highest BCUT2D eigenvalue weighted by molar-refractivity contribution is 9.10. The first-order chi connectivity index (χ1) is 13.7. The molecule has 6 rings (SSSR count). The molecule has 1 spiro atoms. The molecule has 0 saturated carbocycles.